The van der Waals surface area contributed by atoms with Gasteiger partial charge in [0.1, 0.15) is 0 Å². The van der Waals surface area contributed by atoms with E-state index in [-0.39, 0.29) is 31.0 Å². The minimum Gasteiger partial charge on any atom is -1.00 e. The van der Waals surface area contributed by atoms with Crippen LogP contribution in [0.1, 0.15) is 15.3 Å². The van der Waals surface area contributed by atoms with Gasteiger partial charge in [-0.15, -0.1) is 0 Å². The van der Waals surface area contributed by atoms with Crippen LogP contribution in [-0.2, 0) is 0 Å². The third kappa shape index (κ3) is 6.92. The summed E-state index contributed by atoms with van der Waals surface area (Å²) in [4.78, 5) is 0. The van der Waals surface area contributed by atoms with Crippen molar-refractivity contribution in [3.05, 3.63) is 0 Å². The Hall–Kier alpha value is 0.920. The molecule has 0 heterocycles. The summed E-state index contributed by atoms with van der Waals surface area (Å²) in [7, 11) is 0. The van der Waals surface area contributed by atoms with Crippen LogP contribution in [0.3, 0.4) is 0 Å². The fourth-order valence-electron chi connectivity index (χ4n) is 0.224. The Bertz CT molecular complexity index is 35.2. The normalized spacial score (nSPS) is 8.57. The van der Waals surface area contributed by atoms with Crippen molar-refractivity contribution < 1.29 is 36.2 Å². The minimum absolute atomic E-state index is 0. The first kappa shape index (κ1) is 10.8. The summed E-state index contributed by atoms with van der Waals surface area (Å²) < 4.78 is 0. The molecule has 0 fully saturated rings. The van der Waals surface area contributed by atoms with Crippen LogP contribution >= 0.6 is 0 Å². The van der Waals surface area contributed by atoms with Crippen molar-refractivity contribution in [2.75, 3.05) is 13.1 Å². The Morgan fingerprint density at radius 1 is 1.43 bits per heavy atom. The van der Waals surface area contributed by atoms with Crippen LogP contribution in [0.25, 0.3) is 0 Å². The zero-order valence-corrected chi connectivity index (χ0v) is 7.31. The molecule has 0 aliphatic heterocycles. The summed E-state index contributed by atoms with van der Waals surface area (Å²) >= 11 is 0. The van der Waals surface area contributed by atoms with Gasteiger partial charge in [-0.3, -0.25) is 0 Å². The maximum Gasteiger partial charge on any atom is 1.00 e. The molecule has 7 heavy (non-hydrogen) atoms. The van der Waals surface area contributed by atoms with Crippen molar-refractivity contribution in [2.45, 2.75) is 13.8 Å². The standard InChI is InChI=1S/C4H11NO.Na.H/c1-3-5(6)4-2;;/h6H,3-4H2,1-2H3;;/q;+1;-1. The van der Waals surface area contributed by atoms with E-state index in [2.05, 4.69) is 0 Å². The minimum atomic E-state index is 0. The first-order chi connectivity index (χ1) is 2.81. The SMILES string of the molecule is CCN(O)CC.[H-].[Na+]. The van der Waals surface area contributed by atoms with Crippen LogP contribution in [0.4, 0.5) is 0 Å². The van der Waals surface area contributed by atoms with E-state index < -0.39 is 0 Å². The van der Waals surface area contributed by atoms with Gasteiger partial charge in [-0.05, 0) is 0 Å². The van der Waals surface area contributed by atoms with Crippen LogP contribution in [0.5, 0.6) is 0 Å². The first-order valence-electron chi connectivity index (χ1n) is 2.25. The first-order valence-corrected chi connectivity index (χ1v) is 2.25. The molecule has 40 valence electrons. The molecule has 0 aliphatic carbocycles. The Balaban J connectivity index is -0.000000125. The van der Waals surface area contributed by atoms with E-state index in [0.717, 1.165) is 13.1 Å². The Kier molecular flexibility index (Phi) is 10.7. The average Bonchev–Trinajstić information content (AvgIpc) is 1.65. The molecular weight excluding hydrogens is 101 g/mol. The third-order valence-corrected chi connectivity index (χ3v) is 0.730. The van der Waals surface area contributed by atoms with E-state index in [0.29, 0.717) is 0 Å². The van der Waals surface area contributed by atoms with E-state index >= 15 is 0 Å². The molecule has 0 aromatic rings. The molecule has 0 radical (unpaired) electrons. The van der Waals surface area contributed by atoms with Crippen LogP contribution in [0.2, 0.25) is 0 Å². The van der Waals surface area contributed by atoms with Gasteiger partial charge < -0.3 is 6.63 Å². The van der Waals surface area contributed by atoms with E-state index in [1.54, 1.807) is 0 Å². The molecule has 1 N–H and O–H groups in total. The van der Waals surface area contributed by atoms with Crippen molar-refractivity contribution >= 4 is 0 Å². The molecule has 0 saturated heterocycles. The van der Waals surface area contributed by atoms with Gasteiger partial charge in [-0.25, -0.2) is 0 Å². The van der Waals surface area contributed by atoms with E-state index in [1.807, 2.05) is 13.8 Å². The molecule has 0 amide bonds. The molecule has 0 atom stereocenters. The summed E-state index contributed by atoms with van der Waals surface area (Å²) in [6, 6.07) is 0. The molecule has 0 spiro atoms. The molecule has 0 unspecified atom stereocenters. The summed E-state index contributed by atoms with van der Waals surface area (Å²) in [6.45, 7) is 5.25. The molecule has 0 aromatic carbocycles. The second kappa shape index (κ2) is 6.92. The number of rotatable bonds is 2. The van der Waals surface area contributed by atoms with Gasteiger partial charge in [0.05, 0.1) is 0 Å². The largest absolute Gasteiger partial charge is 1.00 e. The van der Waals surface area contributed by atoms with Gasteiger partial charge >= 0.3 is 29.6 Å². The van der Waals surface area contributed by atoms with E-state index in [9.17, 15) is 0 Å². The quantitative estimate of drug-likeness (QED) is 0.325. The predicted molar refractivity (Wildman–Crippen MR) is 25.8 cm³/mol. The van der Waals surface area contributed by atoms with Gasteiger partial charge in [0, 0.05) is 13.1 Å². The average molecular weight is 113 g/mol. The van der Waals surface area contributed by atoms with Crippen LogP contribution in [-0.4, -0.2) is 23.4 Å². The molecular formula is C4H12NNaO. The topological polar surface area (TPSA) is 23.5 Å². The number of hydrogen-bond acceptors (Lipinski definition) is 2. The Morgan fingerprint density at radius 2 is 1.71 bits per heavy atom. The van der Waals surface area contributed by atoms with Gasteiger partial charge in [-0.1, -0.05) is 13.8 Å². The molecule has 0 aliphatic rings. The Labute approximate surface area is 68.2 Å². The second-order valence-corrected chi connectivity index (χ2v) is 1.14. The van der Waals surface area contributed by atoms with Gasteiger partial charge in [0.25, 0.3) is 0 Å². The molecule has 0 bridgehead atoms. The fourth-order valence-corrected chi connectivity index (χ4v) is 0.224. The smallest absolute Gasteiger partial charge is 1.00 e. The maximum absolute atomic E-state index is 8.50. The zero-order chi connectivity index (χ0) is 4.99. The van der Waals surface area contributed by atoms with Gasteiger partial charge in [-0.2, -0.15) is 5.06 Å². The van der Waals surface area contributed by atoms with Gasteiger partial charge in [0.2, 0.25) is 0 Å². The van der Waals surface area contributed by atoms with Crippen molar-refractivity contribution in [1.82, 2.24) is 5.06 Å². The van der Waals surface area contributed by atoms with Crippen molar-refractivity contribution in [1.29, 1.82) is 0 Å². The summed E-state index contributed by atoms with van der Waals surface area (Å²) in [6.07, 6.45) is 0. The van der Waals surface area contributed by atoms with E-state index in [1.165, 1.54) is 5.06 Å². The summed E-state index contributed by atoms with van der Waals surface area (Å²) in [5, 5.41) is 9.75. The van der Waals surface area contributed by atoms with Crippen molar-refractivity contribution in [3.8, 4) is 0 Å². The number of nitrogens with zero attached hydrogens (tertiary/aromatic N) is 1. The summed E-state index contributed by atoms with van der Waals surface area (Å²) in [5.41, 5.74) is 0. The monoisotopic (exact) mass is 113 g/mol. The molecule has 0 aromatic heterocycles. The predicted octanol–water partition coefficient (Wildman–Crippen LogP) is -2.17. The number of hydroxylamine groups is 2. The zero-order valence-electron chi connectivity index (χ0n) is 6.31. The Morgan fingerprint density at radius 3 is 1.71 bits per heavy atom. The van der Waals surface area contributed by atoms with Crippen molar-refractivity contribution in [3.63, 3.8) is 0 Å². The summed E-state index contributed by atoms with van der Waals surface area (Å²) in [5.74, 6) is 0. The molecule has 2 nitrogen and oxygen atoms in total. The second-order valence-electron chi connectivity index (χ2n) is 1.14. The van der Waals surface area contributed by atoms with Crippen LogP contribution < -0.4 is 29.6 Å². The maximum atomic E-state index is 8.50. The van der Waals surface area contributed by atoms with Crippen molar-refractivity contribution in [2.24, 2.45) is 0 Å². The van der Waals surface area contributed by atoms with Gasteiger partial charge in [0.15, 0.2) is 0 Å². The molecule has 0 rings (SSSR count). The van der Waals surface area contributed by atoms with Crippen LogP contribution in [0.15, 0.2) is 0 Å². The molecule has 0 saturated carbocycles. The number of hydrogen-bond donors (Lipinski definition) is 1. The van der Waals surface area contributed by atoms with Crippen LogP contribution in [0, 0.1) is 0 Å². The third-order valence-electron chi connectivity index (χ3n) is 0.730. The molecule has 3 heteroatoms. The fraction of sp³-hybridized carbons (Fsp3) is 1.00. The van der Waals surface area contributed by atoms with E-state index in [4.69, 9.17) is 5.21 Å².